The second-order valence-corrected chi connectivity index (χ2v) is 6.34. The number of nitrogens with two attached hydrogens (primary N) is 1. The first-order chi connectivity index (χ1) is 9.38. The Morgan fingerprint density at radius 2 is 1.90 bits per heavy atom. The van der Waals surface area contributed by atoms with Gasteiger partial charge in [0.05, 0.1) is 11.0 Å². The Morgan fingerprint density at radius 1 is 1.30 bits per heavy atom. The molecule has 1 aliphatic rings. The van der Waals surface area contributed by atoms with Gasteiger partial charge in [0.2, 0.25) is 0 Å². The van der Waals surface area contributed by atoms with Crippen LogP contribution in [0.1, 0.15) is 31.9 Å². The average molecular weight is 298 g/mol. The van der Waals surface area contributed by atoms with Gasteiger partial charge in [0.25, 0.3) is 0 Å². The van der Waals surface area contributed by atoms with Crippen LogP contribution < -0.4 is 5.73 Å². The van der Waals surface area contributed by atoms with Crippen molar-refractivity contribution < 1.29 is 8.78 Å². The summed E-state index contributed by atoms with van der Waals surface area (Å²) < 4.78 is 27.1. The van der Waals surface area contributed by atoms with Crippen LogP contribution in [-0.2, 0) is 0 Å². The quantitative estimate of drug-likeness (QED) is 0.869. The van der Waals surface area contributed by atoms with Gasteiger partial charge in [0, 0.05) is 24.7 Å². The molecule has 2 rings (SSSR count). The van der Waals surface area contributed by atoms with Gasteiger partial charge >= 0.3 is 0 Å². The first-order valence-corrected chi connectivity index (χ1v) is 7.27. The van der Waals surface area contributed by atoms with Gasteiger partial charge in [-0.25, -0.2) is 8.78 Å². The maximum absolute atomic E-state index is 14.0. The van der Waals surface area contributed by atoms with Crippen LogP contribution in [0.15, 0.2) is 18.2 Å². The first kappa shape index (κ1) is 15.3. The van der Waals surface area contributed by atoms with Crippen LogP contribution in [0.5, 0.6) is 0 Å². The molecule has 2 N–H and O–H groups in total. The molecular weight excluding hydrogens is 278 g/mol. The fourth-order valence-electron chi connectivity index (χ4n) is 3.18. The number of halogens is 2. The minimum absolute atomic E-state index is 0.233. The Labute approximate surface area is 123 Å². The van der Waals surface area contributed by atoms with Gasteiger partial charge in [0.15, 0.2) is 0 Å². The van der Waals surface area contributed by atoms with Crippen LogP contribution in [0.2, 0.25) is 0 Å². The number of benzene rings is 1. The van der Waals surface area contributed by atoms with Crippen LogP contribution in [-0.4, -0.2) is 23.0 Å². The summed E-state index contributed by atoms with van der Waals surface area (Å²) in [6.45, 7) is 5.98. The van der Waals surface area contributed by atoms with E-state index < -0.39 is 17.7 Å². The van der Waals surface area contributed by atoms with Crippen molar-refractivity contribution in [3.05, 3.63) is 35.4 Å². The molecule has 2 nitrogen and oxygen atoms in total. The molecule has 0 amide bonds. The molecule has 20 heavy (non-hydrogen) atoms. The number of nitrogens with zero attached hydrogens (tertiary/aromatic N) is 1. The monoisotopic (exact) mass is 298 g/mol. The topological polar surface area (TPSA) is 29.3 Å². The number of piperidine rings is 1. The summed E-state index contributed by atoms with van der Waals surface area (Å²) in [5.41, 5.74) is 6.19. The first-order valence-electron chi connectivity index (χ1n) is 6.86. The highest BCUT2D eigenvalue weighted by Crippen LogP contribution is 2.31. The summed E-state index contributed by atoms with van der Waals surface area (Å²) in [7, 11) is 0. The highest BCUT2D eigenvalue weighted by molar-refractivity contribution is 7.80. The summed E-state index contributed by atoms with van der Waals surface area (Å²) >= 11 is 5.13. The van der Waals surface area contributed by atoms with Crippen molar-refractivity contribution in [3.63, 3.8) is 0 Å². The average Bonchev–Trinajstić information content (AvgIpc) is 2.30. The highest BCUT2D eigenvalue weighted by Gasteiger charge is 2.31. The van der Waals surface area contributed by atoms with Crippen molar-refractivity contribution in [2.45, 2.75) is 26.3 Å². The molecule has 1 aromatic rings. The molecule has 3 atom stereocenters. The van der Waals surface area contributed by atoms with E-state index in [1.807, 2.05) is 0 Å². The number of hydrogen-bond acceptors (Lipinski definition) is 2. The molecule has 5 heteroatoms. The Morgan fingerprint density at radius 3 is 2.40 bits per heavy atom. The summed E-state index contributed by atoms with van der Waals surface area (Å²) in [4.78, 5) is 2.34. The van der Waals surface area contributed by atoms with Crippen LogP contribution in [0.25, 0.3) is 0 Å². The van der Waals surface area contributed by atoms with E-state index >= 15 is 0 Å². The van der Waals surface area contributed by atoms with E-state index in [0.717, 1.165) is 25.6 Å². The molecule has 1 aromatic carbocycles. The largest absolute Gasteiger partial charge is 0.392 e. The van der Waals surface area contributed by atoms with Crippen molar-refractivity contribution in [3.8, 4) is 0 Å². The fourth-order valence-corrected chi connectivity index (χ4v) is 3.45. The third-order valence-corrected chi connectivity index (χ3v) is 4.01. The van der Waals surface area contributed by atoms with Crippen LogP contribution in [0.3, 0.4) is 0 Å². The lowest BCUT2D eigenvalue weighted by atomic mass is 9.89. The summed E-state index contributed by atoms with van der Waals surface area (Å²) in [5.74, 6) is -0.153. The smallest absolute Gasteiger partial charge is 0.131 e. The lowest BCUT2D eigenvalue weighted by Crippen LogP contribution is -2.45. The molecule has 0 radical (unpaired) electrons. The number of likely N-dealkylation sites (tertiary alicyclic amines) is 1. The summed E-state index contributed by atoms with van der Waals surface area (Å²) in [6, 6.07) is 3.12. The van der Waals surface area contributed by atoms with E-state index in [2.05, 4.69) is 18.7 Å². The Bertz CT molecular complexity index is 497. The number of thiocarbonyl (C=S) groups is 1. The van der Waals surface area contributed by atoms with E-state index in [1.165, 1.54) is 12.1 Å². The van der Waals surface area contributed by atoms with E-state index in [-0.39, 0.29) is 4.99 Å². The predicted molar refractivity (Wildman–Crippen MR) is 80.4 cm³/mol. The normalized spacial score (nSPS) is 25.4. The van der Waals surface area contributed by atoms with E-state index in [1.54, 1.807) is 0 Å². The second-order valence-electron chi connectivity index (χ2n) is 5.87. The van der Waals surface area contributed by atoms with Crippen molar-refractivity contribution in [2.24, 2.45) is 17.6 Å². The Hall–Kier alpha value is -1.07. The molecule has 3 unspecified atom stereocenters. The van der Waals surface area contributed by atoms with E-state index in [9.17, 15) is 8.78 Å². The van der Waals surface area contributed by atoms with Crippen molar-refractivity contribution in [2.75, 3.05) is 13.1 Å². The van der Waals surface area contributed by atoms with Gasteiger partial charge in [0.1, 0.15) is 11.6 Å². The predicted octanol–water partition coefficient (Wildman–Crippen LogP) is 3.27. The van der Waals surface area contributed by atoms with Crippen LogP contribution in [0.4, 0.5) is 8.78 Å². The molecule has 0 saturated carbocycles. The molecule has 110 valence electrons. The molecule has 0 spiro atoms. The maximum Gasteiger partial charge on any atom is 0.131 e. The molecule has 1 fully saturated rings. The van der Waals surface area contributed by atoms with E-state index in [4.69, 9.17) is 18.0 Å². The zero-order valence-electron chi connectivity index (χ0n) is 11.8. The van der Waals surface area contributed by atoms with Crippen molar-refractivity contribution in [1.29, 1.82) is 0 Å². The number of hydrogen-bond donors (Lipinski definition) is 1. The van der Waals surface area contributed by atoms with Gasteiger partial charge < -0.3 is 5.73 Å². The highest BCUT2D eigenvalue weighted by atomic mass is 32.1. The summed E-state index contributed by atoms with van der Waals surface area (Å²) in [6.07, 6.45) is 1.15. The lowest BCUT2D eigenvalue weighted by molar-refractivity contribution is 0.121. The van der Waals surface area contributed by atoms with Crippen molar-refractivity contribution >= 4 is 17.2 Å². The van der Waals surface area contributed by atoms with Gasteiger partial charge in [-0.1, -0.05) is 32.1 Å². The molecule has 0 bridgehead atoms. The third kappa shape index (κ3) is 3.33. The van der Waals surface area contributed by atoms with Gasteiger partial charge in [-0.2, -0.15) is 0 Å². The fraction of sp³-hybridized carbons (Fsp3) is 0.533. The van der Waals surface area contributed by atoms with Crippen LogP contribution >= 0.6 is 12.2 Å². The molecule has 1 heterocycles. The van der Waals surface area contributed by atoms with Gasteiger partial charge in [-0.15, -0.1) is 0 Å². The summed E-state index contributed by atoms with van der Waals surface area (Å²) in [5, 5.41) is 0. The Kier molecular flexibility index (Phi) is 4.70. The molecule has 1 aliphatic heterocycles. The third-order valence-electron chi connectivity index (χ3n) is 3.79. The minimum Gasteiger partial charge on any atom is -0.392 e. The van der Waals surface area contributed by atoms with E-state index in [0.29, 0.717) is 17.4 Å². The zero-order chi connectivity index (χ0) is 14.9. The van der Waals surface area contributed by atoms with Gasteiger partial charge in [-0.05, 0) is 24.3 Å². The lowest BCUT2D eigenvalue weighted by Gasteiger charge is -2.40. The van der Waals surface area contributed by atoms with Gasteiger partial charge in [-0.3, -0.25) is 4.90 Å². The number of rotatable bonds is 3. The second kappa shape index (κ2) is 6.14. The maximum atomic E-state index is 14.0. The zero-order valence-corrected chi connectivity index (χ0v) is 12.6. The van der Waals surface area contributed by atoms with Crippen molar-refractivity contribution in [1.82, 2.24) is 4.90 Å². The molecule has 1 saturated heterocycles. The standard InChI is InChI=1S/C15H20F2N2S/c1-9-5-10(2)8-19(7-9)14(15(18)20)12-4-3-11(16)6-13(12)17/h3-4,6,9-10,14H,5,7-8H2,1-2H3,(H2,18,20). The Balaban J connectivity index is 2.33. The molecule has 0 aromatic heterocycles. The minimum atomic E-state index is -0.590. The van der Waals surface area contributed by atoms with Crippen LogP contribution in [0, 0.1) is 23.5 Å². The SMILES string of the molecule is CC1CC(C)CN(C(C(N)=S)c2ccc(F)cc2F)C1. The molecule has 0 aliphatic carbocycles. The molecular formula is C15H20F2N2S.